The quantitative estimate of drug-likeness (QED) is 0.433. The number of aliphatic imine (C=N–C) groups is 1. The Balaban J connectivity index is 2.37. The first-order chi connectivity index (χ1) is 17.2. The third kappa shape index (κ3) is 8.65. The SMILES string of the molecule is CC/C(C)=C(/C=NC)c1cc(C(C)(F)F)nn1CC(C)(C)NC(=O)C(CC1=CN(C)CC=C1)NC(C)=O. The molecule has 1 unspecified atom stereocenters. The summed E-state index contributed by atoms with van der Waals surface area (Å²) < 4.78 is 30.0. The van der Waals surface area contributed by atoms with Crippen molar-refractivity contribution in [3.05, 3.63) is 47.0 Å². The number of hydrogen-bond acceptors (Lipinski definition) is 5. The molecule has 2 rings (SSSR count). The molecule has 204 valence electrons. The molecule has 8 nitrogen and oxygen atoms in total. The van der Waals surface area contributed by atoms with Crippen LogP contribution in [0.25, 0.3) is 5.57 Å². The number of aromatic nitrogens is 2. The Morgan fingerprint density at radius 1 is 1.27 bits per heavy atom. The fraction of sp³-hybridized carbons (Fsp3) is 0.556. The fourth-order valence-electron chi connectivity index (χ4n) is 4.08. The number of hydrogen-bond donors (Lipinski definition) is 2. The number of rotatable bonds is 11. The molecule has 1 atom stereocenters. The summed E-state index contributed by atoms with van der Waals surface area (Å²) in [4.78, 5) is 31.3. The van der Waals surface area contributed by atoms with Gasteiger partial charge in [0.05, 0.1) is 17.8 Å². The molecular formula is C27H40F2N6O2. The summed E-state index contributed by atoms with van der Waals surface area (Å²) >= 11 is 0. The lowest BCUT2D eigenvalue weighted by molar-refractivity contribution is -0.129. The second-order valence-electron chi connectivity index (χ2n) is 10.3. The molecule has 37 heavy (non-hydrogen) atoms. The lowest BCUT2D eigenvalue weighted by Gasteiger charge is -2.30. The molecule has 0 saturated carbocycles. The van der Waals surface area contributed by atoms with Crippen LogP contribution in [0.5, 0.6) is 0 Å². The van der Waals surface area contributed by atoms with Crippen molar-refractivity contribution in [1.29, 1.82) is 0 Å². The number of alkyl halides is 2. The Labute approximate surface area is 218 Å². The van der Waals surface area contributed by atoms with Crippen molar-refractivity contribution in [1.82, 2.24) is 25.3 Å². The van der Waals surface area contributed by atoms with Gasteiger partial charge in [-0.2, -0.15) is 13.9 Å². The first-order valence-corrected chi connectivity index (χ1v) is 12.4. The van der Waals surface area contributed by atoms with E-state index in [1.165, 1.54) is 17.7 Å². The number of amides is 2. The van der Waals surface area contributed by atoms with E-state index in [0.717, 1.165) is 24.6 Å². The van der Waals surface area contributed by atoms with Crippen LogP contribution in [0.1, 0.15) is 65.8 Å². The van der Waals surface area contributed by atoms with Crippen LogP contribution in [-0.2, 0) is 22.1 Å². The van der Waals surface area contributed by atoms with Gasteiger partial charge in [-0.1, -0.05) is 24.6 Å². The standard InChI is InChI=1S/C27H40F2N6O2/c1-9-18(2)21(15-30-7)23-14-24(27(6,28)29)33-35(23)17-26(4,5)32-25(37)22(31-19(3)36)13-20-11-10-12-34(8)16-20/h10-11,14-16,22H,9,12-13,17H2,1-8H3,(H,31,36)(H,32,37)/b21-18-,30-15?. The maximum absolute atomic E-state index is 14.3. The van der Waals surface area contributed by atoms with Gasteiger partial charge < -0.3 is 15.5 Å². The largest absolute Gasteiger partial charge is 0.376 e. The molecule has 0 radical (unpaired) electrons. The topological polar surface area (TPSA) is 91.6 Å². The molecule has 1 aromatic rings. The van der Waals surface area contributed by atoms with Gasteiger partial charge >= 0.3 is 0 Å². The molecule has 2 N–H and O–H groups in total. The summed E-state index contributed by atoms with van der Waals surface area (Å²) in [5.41, 5.74) is 1.87. The van der Waals surface area contributed by atoms with Crippen molar-refractivity contribution in [2.24, 2.45) is 4.99 Å². The highest BCUT2D eigenvalue weighted by Gasteiger charge is 2.33. The van der Waals surface area contributed by atoms with Crippen molar-refractivity contribution in [2.75, 3.05) is 20.6 Å². The summed E-state index contributed by atoms with van der Waals surface area (Å²) in [6.07, 6.45) is 8.54. The zero-order valence-corrected chi connectivity index (χ0v) is 23.2. The Hall–Kier alpha value is -3.30. The Morgan fingerprint density at radius 3 is 2.49 bits per heavy atom. The van der Waals surface area contributed by atoms with Crippen molar-refractivity contribution in [3.8, 4) is 0 Å². The first kappa shape index (κ1) is 29.9. The lowest BCUT2D eigenvalue weighted by atomic mass is 10.00. The van der Waals surface area contributed by atoms with Gasteiger partial charge in [0.25, 0.3) is 5.92 Å². The summed E-state index contributed by atoms with van der Waals surface area (Å²) in [6, 6.07) is 0.587. The Bertz CT molecular complexity index is 1110. The molecule has 1 aromatic heterocycles. The summed E-state index contributed by atoms with van der Waals surface area (Å²) in [5.74, 6) is -3.82. The number of carbonyl (C=O) groups is 2. The van der Waals surface area contributed by atoms with Crippen LogP contribution in [0.3, 0.4) is 0 Å². The minimum Gasteiger partial charge on any atom is -0.376 e. The van der Waals surface area contributed by atoms with Gasteiger partial charge in [0.2, 0.25) is 11.8 Å². The van der Waals surface area contributed by atoms with Gasteiger partial charge in [-0.25, -0.2) is 0 Å². The van der Waals surface area contributed by atoms with Gasteiger partial charge in [-0.05, 0) is 38.8 Å². The molecule has 0 aliphatic carbocycles. The average Bonchev–Trinajstić information content (AvgIpc) is 3.19. The molecule has 2 heterocycles. The second kappa shape index (κ2) is 12.3. The minimum absolute atomic E-state index is 0.125. The number of nitrogens with one attached hydrogen (secondary N) is 2. The van der Waals surface area contributed by atoms with Crippen LogP contribution in [0.2, 0.25) is 0 Å². The third-order valence-electron chi connectivity index (χ3n) is 6.01. The minimum atomic E-state index is -3.13. The lowest BCUT2D eigenvalue weighted by Crippen LogP contribution is -2.54. The van der Waals surface area contributed by atoms with Gasteiger partial charge in [0.15, 0.2) is 0 Å². The highest BCUT2D eigenvalue weighted by atomic mass is 19.3. The van der Waals surface area contributed by atoms with Crippen molar-refractivity contribution in [3.63, 3.8) is 0 Å². The van der Waals surface area contributed by atoms with E-state index >= 15 is 0 Å². The van der Waals surface area contributed by atoms with Crippen LogP contribution in [0.15, 0.2) is 40.6 Å². The van der Waals surface area contributed by atoms with Crippen LogP contribution in [0.4, 0.5) is 8.78 Å². The molecule has 0 aromatic carbocycles. The zero-order chi connectivity index (χ0) is 28.0. The predicted octanol–water partition coefficient (Wildman–Crippen LogP) is 4.05. The van der Waals surface area contributed by atoms with E-state index in [1.807, 2.05) is 44.1 Å². The van der Waals surface area contributed by atoms with E-state index < -0.39 is 17.5 Å². The van der Waals surface area contributed by atoms with Crippen LogP contribution < -0.4 is 10.6 Å². The first-order valence-electron chi connectivity index (χ1n) is 12.4. The molecule has 1 aliphatic heterocycles. The van der Waals surface area contributed by atoms with E-state index in [1.54, 1.807) is 27.1 Å². The highest BCUT2D eigenvalue weighted by molar-refractivity contribution is 6.10. The third-order valence-corrected chi connectivity index (χ3v) is 6.01. The molecule has 2 amide bonds. The van der Waals surface area contributed by atoms with Gasteiger partial charge in [0, 0.05) is 58.9 Å². The smallest absolute Gasteiger partial charge is 0.288 e. The van der Waals surface area contributed by atoms with E-state index in [-0.39, 0.29) is 24.1 Å². The van der Waals surface area contributed by atoms with Gasteiger partial charge in [-0.15, -0.1) is 0 Å². The molecule has 0 saturated heterocycles. The monoisotopic (exact) mass is 518 g/mol. The van der Waals surface area contributed by atoms with Crippen molar-refractivity contribution in [2.45, 2.75) is 78.4 Å². The molecular weight excluding hydrogens is 478 g/mol. The number of halogens is 2. The van der Waals surface area contributed by atoms with E-state index in [4.69, 9.17) is 0 Å². The van der Waals surface area contributed by atoms with E-state index in [0.29, 0.717) is 24.1 Å². The summed E-state index contributed by atoms with van der Waals surface area (Å²) in [6.45, 7) is 10.6. The number of allylic oxidation sites excluding steroid dienone is 3. The number of nitrogens with zero attached hydrogens (tertiary/aromatic N) is 4. The number of likely N-dealkylation sites (N-methyl/N-ethyl adjacent to an activating group) is 1. The van der Waals surface area contributed by atoms with Crippen molar-refractivity contribution < 1.29 is 18.4 Å². The normalized spacial score (nSPS) is 15.9. The second-order valence-corrected chi connectivity index (χ2v) is 10.3. The summed E-state index contributed by atoms with van der Waals surface area (Å²) in [5, 5.41) is 9.93. The maximum atomic E-state index is 14.3. The maximum Gasteiger partial charge on any atom is 0.288 e. The van der Waals surface area contributed by atoms with Gasteiger partial charge in [-0.3, -0.25) is 19.3 Å². The fourth-order valence-corrected chi connectivity index (χ4v) is 4.08. The zero-order valence-electron chi connectivity index (χ0n) is 23.2. The molecule has 1 aliphatic rings. The predicted molar refractivity (Wildman–Crippen MR) is 143 cm³/mol. The molecule has 0 bridgehead atoms. The van der Waals surface area contributed by atoms with Crippen LogP contribution in [-0.4, -0.2) is 64.9 Å². The van der Waals surface area contributed by atoms with Crippen LogP contribution >= 0.6 is 0 Å². The van der Waals surface area contributed by atoms with E-state index in [9.17, 15) is 18.4 Å². The molecule has 0 fully saturated rings. The van der Waals surface area contributed by atoms with Crippen LogP contribution in [0, 0.1) is 0 Å². The average molecular weight is 519 g/mol. The number of carbonyl (C=O) groups excluding carboxylic acids is 2. The van der Waals surface area contributed by atoms with Gasteiger partial charge in [0.1, 0.15) is 11.7 Å². The molecule has 0 spiro atoms. The summed E-state index contributed by atoms with van der Waals surface area (Å²) in [7, 11) is 3.56. The van der Waals surface area contributed by atoms with E-state index in [2.05, 4.69) is 20.7 Å². The highest BCUT2D eigenvalue weighted by Crippen LogP contribution is 2.30. The molecule has 10 heteroatoms. The Kier molecular flexibility index (Phi) is 9.94. The van der Waals surface area contributed by atoms with Crippen molar-refractivity contribution >= 4 is 23.6 Å². The Morgan fingerprint density at radius 2 is 1.95 bits per heavy atom.